The minimum atomic E-state index is -5.09. The number of benzene rings is 3. The topological polar surface area (TPSA) is 379 Å². The number of para-hydroxylation sites is 1. The molecule has 25 nitrogen and oxygen atoms in total. The van der Waals surface area contributed by atoms with E-state index in [2.05, 4.69) is 48.4 Å². The number of carboxylic acids is 1. The molecule has 0 bridgehead atoms. The van der Waals surface area contributed by atoms with Crippen molar-refractivity contribution in [2.24, 2.45) is 0 Å². The van der Waals surface area contributed by atoms with Gasteiger partial charge in [0.05, 0.1) is 12.2 Å². The van der Waals surface area contributed by atoms with Crippen LogP contribution >= 0.6 is 0 Å². The molecule has 340 valence electrons. The van der Waals surface area contributed by atoms with Crippen LogP contribution < -0.4 is 273 Å². The minimum Gasteiger partial charge on any atom is -0.705 e. The summed E-state index contributed by atoms with van der Waals surface area (Å²) in [6.45, 7) is 8.30. The maximum atomic E-state index is 12.5. The van der Waals surface area contributed by atoms with Gasteiger partial charge in [0, 0.05) is 29.4 Å². The smallest absolute Gasteiger partial charge is 0.705 e. The number of fused-ring (bicyclic) bond motifs is 4. The summed E-state index contributed by atoms with van der Waals surface area (Å²) in [5.74, 6) is -1.19. The van der Waals surface area contributed by atoms with Crippen LogP contribution in [-0.2, 0) is 88.3 Å². The average molecular weight is 1140 g/mol. The molecular formula is C32H38K5N2O23S4+3. The summed E-state index contributed by atoms with van der Waals surface area (Å²) in [6, 6.07) is 22.7. The van der Waals surface area contributed by atoms with Crippen molar-refractivity contribution < 1.29 is 360 Å². The van der Waals surface area contributed by atoms with Crippen LogP contribution in [0.5, 0.6) is 0 Å². The second-order valence-corrected chi connectivity index (χ2v) is 16.4. The molecule has 1 aromatic heterocycles. The molecule has 1 heterocycles. The van der Waals surface area contributed by atoms with Gasteiger partial charge in [-0.1, -0.05) is 84.1 Å². The largest absolute Gasteiger partial charge is 1.00 e. The van der Waals surface area contributed by atoms with Gasteiger partial charge >= 0.3 is 311 Å². The van der Waals surface area contributed by atoms with Crippen LogP contribution in [0, 0.1) is 0 Å². The van der Waals surface area contributed by atoms with E-state index in [0.717, 1.165) is 38.7 Å². The number of carbonyl (C=O) groups is 2. The molecule has 5 N–H and O–H groups in total. The molecule has 1 aliphatic rings. The number of H-pyrrole nitrogens is 1. The van der Waals surface area contributed by atoms with Crippen LogP contribution in [0.4, 0.5) is 4.79 Å². The van der Waals surface area contributed by atoms with E-state index in [4.69, 9.17) is 29.1 Å². The third-order valence-corrected chi connectivity index (χ3v) is 8.59. The number of amides is 1. The first-order chi connectivity index (χ1) is 28.3. The number of carboxylic acid groups (broad SMARTS) is 1. The van der Waals surface area contributed by atoms with E-state index in [1.54, 1.807) is 6.20 Å². The summed E-state index contributed by atoms with van der Waals surface area (Å²) < 4.78 is 120. The first-order valence-corrected chi connectivity index (χ1v) is 22.1. The van der Waals surface area contributed by atoms with E-state index in [1.165, 1.54) is 0 Å². The van der Waals surface area contributed by atoms with Gasteiger partial charge in [-0.15, -0.1) is 0 Å². The number of ether oxygens (including phenoxy) is 2. The number of nitrogens with one attached hydrogen (secondary N) is 2. The fraction of sp³-hybridized carbons (Fsp3) is 0.312. The van der Waals surface area contributed by atoms with Crippen LogP contribution in [0.1, 0.15) is 50.3 Å². The van der Waals surface area contributed by atoms with E-state index in [1.807, 2.05) is 88.4 Å². The summed E-state index contributed by atoms with van der Waals surface area (Å²) >= 11 is 0. The minimum absolute atomic E-state index is 0. The van der Waals surface area contributed by atoms with Crippen LogP contribution in [0.25, 0.3) is 22.0 Å². The van der Waals surface area contributed by atoms with Crippen LogP contribution in [0.15, 0.2) is 79.0 Å². The molecule has 3 aromatic carbocycles. The van der Waals surface area contributed by atoms with Gasteiger partial charge in [0.2, 0.25) is 0 Å². The van der Waals surface area contributed by atoms with E-state index in [0.29, 0.717) is 12.2 Å². The monoisotopic (exact) mass is 1140 g/mol. The molecule has 4 aromatic rings. The van der Waals surface area contributed by atoms with Crippen molar-refractivity contribution >= 4 is 64.6 Å². The van der Waals surface area contributed by atoms with Gasteiger partial charge in [-0.25, -0.2) is 9.59 Å². The Morgan fingerprint density at radius 1 is 0.667 bits per heavy atom. The summed E-state index contributed by atoms with van der Waals surface area (Å²) in [5, 5.41) is 31.3. The average Bonchev–Trinajstić information content (AvgIpc) is 3.73. The van der Waals surface area contributed by atoms with Crippen LogP contribution in [0.3, 0.4) is 0 Å². The molecule has 5 rings (SSSR count). The first-order valence-electron chi connectivity index (χ1n) is 16.7. The number of hydrogen-bond donors (Lipinski definition) is 5. The molecule has 0 saturated heterocycles. The number of aliphatic carboxylic acids is 1. The van der Waals surface area contributed by atoms with Crippen molar-refractivity contribution in [1.82, 2.24) is 10.3 Å². The Balaban J connectivity index is -0.000000472. The standard InChI is InChI=1S/C26H22N2O4.C6H14O.5K.2H2O9S2/c29-25(30)24(13-16-14-27-23-12-6-5-7-17(16)23)28-26(31)32-15-22-20-10-3-1-8-18(20)19-9-2-4-11-21(19)22;1-5(2)7-6(3)4;;;;;;2*1-7-11(5,6)9-8-10(2,3)4/h1-12,14,22,24,27H,13,15H2,(H,28,31)(H,29,30);5-6H,1-4H3;;;;;;2*1H,(H,2,3,4)/q;;5*+1;;/p-2/t24-;;;;;;;;/m0......../s1. The molecule has 34 heteroatoms. The quantitative estimate of drug-likeness (QED) is 0.0301. The number of aromatic amines is 1. The predicted molar refractivity (Wildman–Crippen MR) is 200 cm³/mol. The third kappa shape index (κ3) is 30.8. The first kappa shape index (κ1) is 76.0. The molecule has 1 amide bonds. The molecule has 0 radical (unpaired) electrons. The van der Waals surface area contributed by atoms with E-state index in [9.17, 15) is 48.4 Å². The van der Waals surface area contributed by atoms with Crippen molar-refractivity contribution in [1.29, 1.82) is 0 Å². The molecule has 0 saturated carbocycles. The van der Waals surface area contributed by atoms with E-state index >= 15 is 0 Å². The van der Waals surface area contributed by atoms with Crippen molar-refractivity contribution in [3.63, 3.8) is 0 Å². The summed E-state index contributed by atoms with van der Waals surface area (Å²) in [6.07, 6.45) is 1.95. The van der Waals surface area contributed by atoms with Crippen molar-refractivity contribution in [3.05, 3.63) is 95.7 Å². The Morgan fingerprint density at radius 3 is 1.45 bits per heavy atom. The molecule has 1 atom stereocenters. The fourth-order valence-corrected chi connectivity index (χ4v) is 6.36. The van der Waals surface area contributed by atoms with E-state index < -0.39 is 59.7 Å². The number of rotatable bonds is 16. The summed E-state index contributed by atoms with van der Waals surface area (Å²) in [4.78, 5) is 27.5. The van der Waals surface area contributed by atoms with Crippen molar-refractivity contribution in [3.8, 4) is 11.1 Å². The van der Waals surface area contributed by atoms with Gasteiger partial charge in [0.25, 0.3) is 0 Å². The summed E-state index contributed by atoms with van der Waals surface area (Å²) in [7, 11) is -20.3. The zero-order valence-corrected chi connectivity index (χ0v) is 55.8. The molecule has 0 spiro atoms. The second kappa shape index (κ2) is 37.3. The number of carbonyl (C=O) groups excluding carboxylic acids is 1. The summed E-state index contributed by atoms with van der Waals surface area (Å²) in [5.41, 5.74) is 6.24. The Kier molecular flexibility index (Phi) is 42.9. The normalized spacial score (nSPS) is 12.1. The second-order valence-electron chi connectivity index (χ2n) is 12.2. The molecular weight excluding hydrogens is 1100 g/mol. The number of alkyl carbamates (subject to hydrolysis) is 1. The fourth-order valence-electron chi connectivity index (χ4n) is 5.21. The van der Waals surface area contributed by atoms with Gasteiger partial charge in [0.1, 0.15) is 12.6 Å². The zero-order valence-electron chi connectivity index (χ0n) is 36.9. The Hall–Kier alpha value is 3.48. The van der Waals surface area contributed by atoms with Gasteiger partial charge in [-0.3, -0.25) is 9.11 Å². The van der Waals surface area contributed by atoms with E-state index in [-0.39, 0.29) is 276 Å². The zero-order chi connectivity index (χ0) is 46.2. The Labute approximate surface area is 593 Å². The van der Waals surface area contributed by atoms with Crippen molar-refractivity contribution in [2.75, 3.05) is 6.61 Å². The maximum Gasteiger partial charge on any atom is 1.00 e. The molecule has 0 unspecified atom stereocenters. The molecule has 66 heavy (non-hydrogen) atoms. The Morgan fingerprint density at radius 2 is 1.08 bits per heavy atom. The predicted octanol–water partition coefficient (Wildman–Crippen LogP) is -13.9. The molecule has 0 aliphatic heterocycles. The van der Waals surface area contributed by atoms with Crippen LogP contribution in [0.2, 0.25) is 0 Å². The van der Waals surface area contributed by atoms with Gasteiger partial charge < -0.3 is 44.1 Å². The van der Waals surface area contributed by atoms with Crippen LogP contribution in [-0.4, -0.2) is 89.8 Å². The van der Waals surface area contributed by atoms with Gasteiger partial charge in [-0.05, 0) is 61.6 Å². The number of hydrogen-bond acceptors (Lipinski definition) is 20. The van der Waals surface area contributed by atoms with Gasteiger partial charge in [0.15, 0.2) is 0 Å². The number of aromatic nitrogens is 1. The molecule has 1 aliphatic carbocycles. The maximum absolute atomic E-state index is 12.5. The SMILES string of the molecule is CC(C)OC(C)C.O=C(N[C@@H](Cc1c[nH]c2ccccc12)C(=O)O)OCC1c2ccccc2-c2ccccc21.O=S(=O)(O)OOS(=O)(=O)O[O-].O=S(=O)(O)OOS(=O)(=O)O[O-].[K+].[K+].[K+].[K+].[K+]. The molecule has 0 fully saturated rings. The third-order valence-electron chi connectivity index (χ3n) is 7.14. The van der Waals surface area contributed by atoms with Gasteiger partial charge in [-0.2, -0.15) is 33.7 Å². The Bertz CT molecular complexity index is 2420. The van der Waals surface area contributed by atoms with Crippen molar-refractivity contribution in [2.45, 2.75) is 58.3 Å².